The van der Waals surface area contributed by atoms with Crippen LogP contribution in [-0.4, -0.2) is 29.6 Å². The Labute approximate surface area is 112 Å². The Morgan fingerprint density at radius 1 is 1.26 bits per heavy atom. The maximum atomic E-state index is 11.5. The fraction of sp³-hybridized carbons (Fsp3) is 0.769. The summed E-state index contributed by atoms with van der Waals surface area (Å²) in [6, 6.07) is -0.499. The normalized spacial score (nSPS) is 18.0. The third-order valence-electron chi connectivity index (χ3n) is 3.55. The van der Waals surface area contributed by atoms with Gasteiger partial charge in [-0.2, -0.15) is 0 Å². The van der Waals surface area contributed by atoms with Gasteiger partial charge < -0.3 is 10.4 Å². The van der Waals surface area contributed by atoms with Crippen LogP contribution in [0.1, 0.15) is 46.0 Å². The van der Waals surface area contributed by atoms with Crippen LogP contribution >= 0.6 is 0 Å². The molecule has 1 rings (SSSR count). The number of aliphatic carboxylic acids is 1. The smallest absolute Gasteiger partial charge is 0.321 e. The Morgan fingerprint density at radius 2 is 1.89 bits per heavy atom. The second-order valence-electron chi connectivity index (χ2n) is 5.80. The molecule has 19 heavy (non-hydrogen) atoms. The van der Waals surface area contributed by atoms with Crippen LogP contribution in [0.2, 0.25) is 0 Å². The molecule has 6 heteroatoms. The SMILES string of the molecule is CC(CC(=O)O)CC(=O)NC(=O)NCC1(C)CCC1. The zero-order chi connectivity index (χ0) is 14.5. The first-order valence-corrected chi connectivity index (χ1v) is 6.60. The Bertz CT molecular complexity index is 364. The number of carboxylic acids is 1. The highest BCUT2D eigenvalue weighted by molar-refractivity contribution is 5.94. The van der Waals surface area contributed by atoms with Gasteiger partial charge in [0, 0.05) is 19.4 Å². The van der Waals surface area contributed by atoms with E-state index < -0.39 is 17.9 Å². The van der Waals surface area contributed by atoms with Gasteiger partial charge in [0.1, 0.15) is 0 Å². The van der Waals surface area contributed by atoms with Crippen molar-refractivity contribution in [2.45, 2.75) is 46.0 Å². The van der Waals surface area contributed by atoms with E-state index in [2.05, 4.69) is 17.6 Å². The summed E-state index contributed by atoms with van der Waals surface area (Å²) in [5, 5.41) is 13.5. The molecular weight excluding hydrogens is 248 g/mol. The first-order chi connectivity index (χ1) is 8.81. The third-order valence-corrected chi connectivity index (χ3v) is 3.55. The molecule has 6 nitrogen and oxygen atoms in total. The van der Waals surface area contributed by atoms with Crippen molar-refractivity contribution in [2.75, 3.05) is 6.54 Å². The molecule has 108 valence electrons. The van der Waals surface area contributed by atoms with E-state index in [0.29, 0.717) is 6.54 Å². The van der Waals surface area contributed by atoms with E-state index in [1.165, 1.54) is 6.42 Å². The Kier molecular flexibility index (Phi) is 5.32. The first-order valence-electron chi connectivity index (χ1n) is 6.60. The maximum absolute atomic E-state index is 11.5. The molecule has 0 bridgehead atoms. The average molecular weight is 270 g/mol. The van der Waals surface area contributed by atoms with E-state index in [0.717, 1.165) is 12.8 Å². The summed E-state index contributed by atoms with van der Waals surface area (Å²) in [6.07, 6.45) is 3.34. The molecule has 0 aromatic heterocycles. The number of carboxylic acid groups (broad SMARTS) is 1. The lowest BCUT2D eigenvalue weighted by Crippen LogP contribution is -2.46. The van der Waals surface area contributed by atoms with Crippen LogP contribution in [0.4, 0.5) is 4.79 Å². The van der Waals surface area contributed by atoms with E-state index in [1.807, 2.05) is 0 Å². The van der Waals surface area contributed by atoms with E-state index in [-0.39, 0.29) is 24.2 Å². The number of imide groups is 1. The lowest BCUT2D eigenvalue weighted by molar-refractivity contribution is -0.138. The third kappa shape index (κ3) is 5.72. The van der Waals surface area contributed by atoms with Gasteiger partial charge in [-0.05, 0) is 24.2 Å². The van der Waals surface area contributed by atoms with Crippen LogP contribution < -0.4 is 10.6 Å². The molecule has 3 N–H and O–H groups in total. The van der Waals surface area contributed by atoms with Crippen LogP contribution in [-0.2, 0) is 9.59 Å². The van der Waals surface area contributed by atoms with Gasteiger partial charge in [-0.15, -0.1) is 0 Å². The molecule has 1 atom stereocenters. The number of carbonyl (C=O) groups excluding carboxylic acids is 2. The van der Waals surface area contributed by atoms with Gasteiger partial charge in [-0.1, -0.05) is 20.3 Å². The Morgan fingerprint density at radius 3 is 2.37 bits per heavy atom. The number of amides is 3. The van der Waals surface area contributed by atoms with Gasteiger partial charge in [-0.25, -0.2) is 4.79 Å². The first kappa shape index (κ1) is 15.5. The number of rotatable bonds is 6. The summed E-state index contributed by atoms with van der Waals surface area (Å²) < 4.78 is 0. The van der Waals surface area contributed by atoms with Crippen LogP contribution in [0, 0.1) is 11.3 Å². The lowest BCUT2D eigenvalue weighted by atomic mass is 9.70. The molecule has 1 saturated carbocycles. The topological polar surface area (TPSA) is 95.5 Å². The van der Waals surface area contributed by atoms with Crippen molar-refractivity contribution in [3.05, 3.63) is 0 Å². The summed E-state index contributed by atoms with van der Waals surface area (Å²) in [7, 11) is 0. The van der Waals surface area contributed by atoms with Gasteiger partial charge in [0.15, 0.2) is 0 Å². The molecule has 0 aromatic carbocycles. The molecule has 0 aromatic rings. The molecule has 0 spiro atoms. The molecular formula is C13H22N2O4. The lowest BCUT2D eigenvalue weighted by Gasteiger charge is -2.38. The minimum absolute atomic E-state index is 0.0387. The van der Waals surface area contributed by atoms with Crippen LogP contribution in [0.15, 0.2) is 0 Å². The summed E-state index contributed by atoms with van der Waals surface area (Å²) >= 11 is 0. The molecule has 1 unspecified atom stereocenters. The molecule has 1 aliphatic rings. The molecule has 3 amide bonds. The van der Waals surface area contributed by atoms with Gasteiger partial charge in [0.05, 0.1) is 0 Å². The fourth-order valence-electron chi connectivity index (χ4n) is 2.16. The Balaban J connectivity index is 2.20. The summed E-state index contributed by atoms with van der Waals surface area (Å²) in [4.78, 5) is 33.4. The summed E-state index contributed by atoms with van der Waals surface area (Å²) in [5.74, 6) is -1.66. The van der Waals surface area contributed by atoms with Gasteiger partial charge in [0.25, 0.3) is 0 Å². The van der Waals surface area contributed by atoms with Crippen LogP contribution in [0.25, 0.3) is 0 Å². The molecule has 1 aliphatic carbocycles. The maximum Gasteiger partial charge on any atom is 0.321 e. The molecule has 0 heterocycles. The Hall–Kier alpha value is -1.59. The van der Waals surface area contributed by atoms with Crippen LogP contribution in [0.3, 0.4) is 0 Å². The van der Waals surface area contributed by atoms with Crippen molar-refractivity contribution in [1.29, 1.82) is 0 Å². The monoisotopic (exact) mass is 270 g/mol. The van der Waals surface area contributed by atoms with E-state index >= 15 is 0 Å². The van der Waals surface area contributed by atoms with Crippen molar-refractivity contribution in [3.63, 3.8) is 0 Å². The van der Waals surface area contributed by atoms with Crippen molar-refractivity contribution < 1.29 is 19.5 Å². The van der Waals surface area contributed by atoms with Crippen molar-refractivity contribution >= 4 is 17.9 Å². The predicted molar refractivity (Wildman–Crippen MR) is 69.5 cm³/mol. The number of hydrogen-bond acceptors (Lipinski definition) is 3. The van der Waals surface area contributed by atoms with Crippen molar-refractivity contribution in [1.82, 2.24) is 10.6 Å². The molecule has 1 fully saturated rings. The second kappa shape index (κ2) is 6.54. The van der Waals surface area contributed by atoms with Crippen molar-refractivity contribution in [2.24, 2.45) is 11.3 Å². The van der Waals surface area contributed by atoms with E-state index in [4.69, 9.17) is 5.11 Å². The average Bonchev–Trinajstić information content (AvgIpc) is 2.22. The van der Waals surface area contributed by atoms with Gasteiger partial charge in [0.2, 0.25) is 5.91 Å². The summed E-state index contributed by atoms with van der Waals surface area (Å²) in [5.41, 5.74) is 0.164. The molecule has 0 saturated heterocycles. The van der Waals surface area contributed by atoms with Crippen molar-refractivity contribution in [3.8, 4) is 0 Å². The zero-order valence-electron chi connectivity index (χ0n) is 11.5. The standard InChI is InChI=1S/C13H22N2O4/c1-9(7-11(17)18)6-10(16)15-12(19)14-8-13(2)4-3-5-13/h9H,3-8H2,1-2H3,(H,17,18)(H2,14,15,16,19). The highest BCUT2D eigenvalue weighted by Gasteiger charge is 2.31. The largest absolute Gasteiger partial charge is 0.481 e. The number of urea groups is 1. The van der Waals surface area contributed by atoms with Crippen LogP contribution in [0.5, 0.6) is 0 Å². The second-order valence-corrected chi connectivity index (χ2v) is 5.80. The van der Waals surface area contributed by atoms with Gasteiger partial charge >= 0.3 is 12.0 Å². The zero-order valence-corrected chi connectivity index (χ0v) is 11.5. The number of hydrogen-bond donors (Lipinski definition) is 3. The highest BCUT2D eigenvalue weighted by atomic mass is 16.4. The highest BCUT2D eigenvalue weighted by Crippen LogP contribution is 2.39. The quantitative estimate of drug-likeness (QED) is 0.681. The fourth-order valence-corrected chi connectivity index (χ4v) is 2.16. The summed E-state index contributed by atoms with van der Waals surface area (Å²) in [6.45, 7) is 4.34. The van der Waals surface area contributed by atoms with Gasteiger partial charge in [-0.3, -0.25) is 14.9 Å². The molecule has 0 aliphatic heterocycles. The predicted octanol–water partition coefficient (Wildman–Crippen LogP) is 1.50. The number of nitrogens with one attached hydrogen (secondary N) is 2. The number of carbonyl (C=O) groups is 3. The minimum Gasteiger partial charge on any atom is -0.481 e. The van der Waals surface area contributed by atoms with E-state index in [1.54, 1.807) is 6.92 Å². The minimum atomic E-state index is -0.942. The molecule has 0 radical (unpaired) electrons. The van der Waals surface area contributed by atoms with E-state index in [9.17, 15) is 14.4 Å².